The van der Waals surface area contributed by atoms with Crippen molar-refractivity contribution in [2.75, 3.05) is 24.5 Å². The molecule has 0 bridgehead atoms. The van der Waals surface area contributed by atoms with E-state index >= 15 is 0 Å². The van der Waals surface area contributed by atoms with Crippen LogP contribution < -0.4 is 10.5 Å². The normalized spacial score (nSPS) is 17.3. The molecule has 0 unspecified atom stereocenters. The van der Waals surface area contributed by atoms with Crippen molar-refractivity contribution in [1.82, 2.24) is 0 Å². The number of hydrogen-bond acceptors (Lipinski definition) is 4. The van der Waals surface area contributed by atoms with Crippen LogP contribution in [-0.2, 0) is 21.2 Å². The Hall–Kier alpha value is -1.11. The predicted octanol–water partition coefficient (Wildman–Crippen LogP) is 1.11. The third-order valence-corrected chi connectivity index (χ3v) is 5.12. The summed E-state index contributed by atoms with van der Waals surface area (Å²) in [6, 6.07) is 7.35. The molecule has 1 aliphatic rings. The molecule has 0 spiro atoms. The first-order chi connectivity index (χ1) is 9.12. The van der Waals surface area contributed by atoms with Crippen molar-refractivity contribution in [2.45, 2.75) is 24.5 Å². The summed E-state index contributed by atoms with van der Waals surface area (Å²) in [6.45, 7) is 1.62. The Bertz CT molecular complexity index is 493. The summed E-state index contributed by atoms with van der Waals surface area (Å²) < 4.78 is 32.2. The highest BCUT2D eigenvalue weighted by Gasteiger charge is 2.27. The molecule has 1 aromatic rings. The molecule has 0 aromatic heterocycles. The molecule has 5 nitrogen and oxygen atoms in total. The fourth-order valence-electron chi connectivity index (χ4n) is 2.14. The van der Waals surface area contributed by atoms with Crippen LogP contribution in [0.15, 0.2) is 24.3 Å². The predicted molar refractivity (Wildman–Crippen MR) is 75.6 cm³/mol. The largest absolute Gasteiger partial charge is 0.381 e. The number of ether oxygens (including phenoxy) is 1. The minimum absolute atomic E-state index is 0.357. The lowest BCUT2D eigenvalue weighted by atomic mass is 10.1. The zero-order chi connectivity index (χ0) is 13.7. The Morgan fingerprint density at radius 2 is 1.84 bits per heavy atom. The van der Waals surface area contributed by atoms with E-state index in [0.29, 0.717) is 38.3 Å². The maximum atomic E-state index is 12.2. The lowest BCUT2D eigenvalue weighted by Gasteiger charge is -2.22. The molecule has 1 aliphatic heterocycles. The van der Waals surface area contributed by atoms with Gasteiger partial charge in [-0.25, -0.2) is 8.42 Å². The minimum atomic E-state index is -3.32. The minimum Gasteiger partial charge on any atom is -0.381 e. The van der Waals surface area contributed by atoms with E-state index in [1.165, 1.54) is 0 Å². The van der Waals surface area contributed by atoms with Gasteiger partial charge in [0.1, 0.15) is 0 Å². The highest BCUT2D eigenvalue weighted by Crippen LogP contribution is 2.19. The number of nitrogens with two attached hydrogens (primary N) is 1. The Balaban J connectivity index is 2.02. The zero-order valence-electron chi connectivity index (χ0n) is 10.8. The van der Waals surface area contributed by atoms with Crippen LogP contribution in [0, 0.1) is 0 Å². The van der Waals surface area contributed by atoms with Gasteiger partial charge in [-0.3, -0.25) is 4.72 Å². The summed E-state index contributed by atoms with van der Waals surface area (Å²) in [5.74, 6) is 0. The van der Waals surface area contributed by atoms with Crippen molar-refractivity contribution in [3.05, 3.63) is 29.8 Å². The van der Waals surface area contributed by atoms with E-state index in [4.69, 9.17) is 10.5 Å². The van der Waals surface area contributed by atoms with Gasteiger partial charge in [-0.1, -0.05) is 12.1 Å². The molecular formula is C13H20N2O3S. The van der Waals surface area contributed by atoms with Gasteiger partial charge in [0.25, 0.3) is 0 Å². The second kappa shape index (κ2) is 6.36. The molecule has 0 atom stereocenters. The van der Waals surface area contributed by atoms with E-state index in [0.717, 1.165) is 12.0 Å². The van der Waals surface area contributed by atoms with Crippen LogP contribution in [0.1, 0.15) is 18.4 Å². The van der Waals surface area contributed by atoms with E-state index in [1.807, 2.05) is 12.1 Å². The van der Waals surface area contributed by atoms with Crippen LogP contribution in [0.5, 0.6) is 0 Å². The Labute approximate surface area is 114 Å². The Morgan fingerprint density at radius 3 is 2.42 bits per heavy atom. The summed E-state index contributed by atoms with van der Waals surface area (Å²) >= 11 is 0. The van der Waals surface area contributed by atoms with E-state index in [1.54, 1.807) is 12.1 Å². The fourth-order valence-corrected chi connectivity index (χ4v) is 3.58. The average Bonchev–Trinajstić information content (AvgIpc) is 2.42. The van der Waals surface area contributed by atoms with Crippen molar-refractivity contribution < 1.29 is 13.2 Å². The number of hydrogen-bond donors (Lipinski definition) is 2. The maximum Gasteiger partial charge on any atom is 0.235 e. The number of benzene rings is 1. The molecule has 106 valence electrons. The fraction of sp³-hybridized carbons (Fsp3) is 0.538. The van der Waals surface area contributed by atoms with Crippen LogP contribution in [0.25, 0.3) is 0 Å². The van der Waals surface area contributed by atoms with Gasteiger partial charge in [-0.2, -0.15) is 0 Å². The number of nitrogens with one attached hydrogen (secondary N) is 1. The van der Waals surface area contributed by atoms with Gasteiger partial charge < -0.3 is 10.5 Å². The lowest BCUT2D eigenvalue weighted by molar-refractivity contribution is 0.0984. The van der Waals surface area contributed by atoms with Gasteiger partial charge in [0.15, 0.2) is 0 Å². The molecular weight excluding hydrogens is 264 g/mol. The van der Waals surface area contributed by atoms with Crippen LogP contribution in [0.4, 0.5) is 5.69 Å². The van der Waals surface area contributed by atoms with Crippen LogP contribution in [-0.4, -0.2) is 33.4 Å². The topological polar surface area (TPSA) is 81.4 Å². The monoisotopic (exact) mass is 284 g/mol. The third kappa shape index (κ3) is 3.92. The van der Waals surface area contributed by atoms with Gasteiger partial charge in [0.2, 0.25) is 10.0 Å². The first kappa shape index (κ1) is 14.3. The molecule has 1 aromatic carbocycles. The van der Waals surface area contributed by atoms with Gasteiger partial charge in [-0.05, 0) is 43.5 Å². The Kier molecular flexibility index (Phi) is 4.79. The third-order valence-electron chi connectivity index (χ3n) is 3.25. The highest BCUT2D eigenvalue weighted by atomic mass is 32.2. The molecule has 2 rings (SSSR count). The second-order valence-electron chi connectivity index (χ2n) is 4.69. The molecule has 0 saturated carbocycles. The molecule has 1 heterocycles. The first-order valence-electron chi connectivity index (χ1n) is 6.50. The smallest absolute Gasteiger partial charge is 0.235 e. The van der Waals surface area contributed by atoms with Gasteiger partial charge in [0, 0.05) is 18.9 Å². The molecule has 0 radical (unpaired) electrons. The van der Waals surface area contributed by atoms with Crippen LogP contribution in [0.2, 0.25) is 0 Å². The molecule has 1 saturated heterocycles. The zero-order valence-corrected chi connectivity index (χ0v) is 11.7. The quantitative estimate of drug-likeness (QED) is 0.848. The van der Waals surface area contributed by atoms with E-state index in [-0.39, 0.29) is 5.25 Å². The van der Waals surface area contributed by atoms with Crippen LogP contribution in [0.3, 0.4) is 0 Å². The van der Waals surface area contributed by atoms with Crippen molar-refractivity contribution in [2.24, 2.45) is 5.73 Å². The molecule has 1 fully saturated rings. The summed E-state index contributed by atoms with van der Waals surface area (Å²) in [7, 11) is -3.32. The van der Waals surface area contributed by atoms with Crippen molar-refractivity contribution in [3.8, 4) is 0 Å². The summed E-state index contributed by atoms with van der Waals surface area (Å²) in [6.07, 6.45) is 1.91. The second-order valence-corrected chi connectivity index (χ2v) is 6.66. The lowest BCUT2D eigenvalue weighted by Crippen LogP contribution is -2.33. The SMILES string of the molecule is NCCc1ccc(NS(=O)(=O)C2CCOCC2)cc1. The molecule has 0 amide bonds. The summed E-state index contributed by atoms with van der Waals surface area (Å²) in [5, 5.41) is -0.357. The van der Waals surface area contributed by atoms with E-state index < -0.39 is 10.0 Å². The summed E-state index contributed by atoms with van der Waals surface area (Å²) in [4.78, 5) is 0. The van der Waals surface area contributed by atoms with Gasteiger partial charge in [0.05, 0.1) is 5.25 Å². The Morgan fingerprint density at radius 1 is 1.21 bits per heavy atom. The number of anilines is 1. The van der Waals surface area contributed by atoms with Gasteiger partial charge in [-0.15, -0.1) is 0 Å². The standard InChI is InChI=1S/C13H20N2O3S/c14-8-5-11-1-3-12(4-2-11)15-19(16,17)13-6-9-18-10-7-13/h1-4,13,15H,5-10,14H2. The molecule has 6 heteroatoms. The number of rotatable bonds is 5. The average molecular weight is 284 g/mol. The van der Waals surface area contributed by atoms with Crippen molar-refractivity contribution in [1.29, 1.82) is 0 Å². The maximum absolute atomic E-state index is 12.2. The molecule has 0 aliphatic carbocycles. The van der Waals surface area contributed by atoms with Gasteiger partial charge >= 0.3 is 0 Å². The van der Waals surface area contributed by atoms with Crippen molar-refractivity contribution >= 4 is 15.7 Å². The van der Waals surface area contributed by atoms with Crippen LogP contribution >= 0.6 is 0 Å². The molecule has 3 N–H and O–H groups in total. The first-order valence-corrected chi connectivity index (χ1v) is 8.05. The van der Waals surface area contributed by atoms with E-state index in [2.05, 4.69) is 4.72 Å². The highest BCUT2D eigenvalue weighted by molar-refractivity contribution is 7.93. The molecule has 19 heavy (non-hydrogen) atoms. The van der Waals surface area contributed by atoms with E-state index in [9.17, 15) is 8.42 Å². The summed E-state index contributed by atoms with van der Waals surface area (Å²) in [5.41, 5.74) is 7.19. The number of sulfonamides is 1. The van der Waals surface area contributed by atoms with Crippen molar-refractivity contribution in [3.63, 3.8) is 0 Å².